The molecule has 0 fully saturated rings. The maximum absolute atomic E-state index is 12.8. The molecule has 1 aliphatic heterocycles. The minimum Gasteiger partial charge on any atom is -0.486 e. The Bertz CT molecular complexity index is 1130. The van der Waals surface area contributed by atoms with E-state index in [0.717, 1.165) is 22.9 Å². The van der Waals surface area contributed by atoms with Crippen molar-refractivity contribution in [3.63, 3.8) is 0 Å². The molecule has 0 radical (unpaired) electrons. The number of ether oxygens (including phenoxy) is 3. The molecule has 0 amide bonds. The number of benzene rings is 2. The summed E-state index contributed by atoms with van der Waals surface area (Å²) in [6.07, 6.45) is -0.141. The molecular formula is C24H22N2O4. The van der Waals surface area contributed by atoms with Crippen LogP contribution in [0.1, 0.15) is 27.3 Å². The number of para-hydroxylation sites is 2. The molecule has 0 saturated carbocycles. The molecule has 3 aromatic rings. The van der Waals surface area contributed by atoms with E-state index in [-0.39, 0.29) is 18.5 Å². The Balaban J connectivity index is 1.44. The van der Waals surface area contributed by atoms with Gasteiger partial charge in [0.15, 0.2) is 24.2 Å². The van der Waals surface area contributed by atoms with Gasteiger partial charge in [0.2, 0.25) is 5.78 Å². The van der Waals surface area contributed by atoms with E-state index in [1.54, 1.807) is 24.3 Å². The summed E-state index contributed by atoms with van der Waals surface area (Å²) in [6.45, 7) is 4.85. The van der Waals surface area contributed by atoms with Crippen LogP contribution in [-0.4, -0.2) is 29.7 Å². The highest BCUT2D eigenvalue weighted by molar-refractivity contribution is 5.98. The van der Waals surface area contributed by atoms with Gasteiger partial charge in [-0.1, -0.05) is 18.2 Å². The molecule has 0 saturated heterocycles. The molecule has 1 atom stereocenters. The normalized spacial score (nSPS) is 14.8. The number of Topliss-reactive ketones (excluding diaryl/α,β-unsaturated/α-hetero) is 1. The summed E-state index contributed by atoms with van der Waals surface area (Å²) in [5, 5.41) is 8.98. The standard InChI is InChI=1S/C24H22N2O4/c1-16-10-21(22(27)15-28-19-7-5-6-18(11-19)12-25)17(2)26(16)13-20-14-29-23-8-3-4-9-24(23)30-20/h3-11,20H,13-15H2,1-2H3. The number of hydrogen-bond acceptors (Lipinski definition) is 5. The highest BCUT2D eigenvalue weighted by atomic mass is 16.6. The van der Waals surface area contributed by atoms with Gasteiger partial charge in [-0.05, 0) is 50.2 Å². The van der Waals surface area contributed by atoms with Crippen molar-refractivity contribution >= 4 is 5.78 Å². The van der Waals surface area contributed by atoms with Gasteiger partial charge < -0.3 is 18.8 Å². The number of nitrogens with zero attached hydrogens (tertiary/aromatic N) is 2. The first-order valence-electron chi connectivity index (χ1n) is 9.76. The largest absolute Gasteiger partial charge is 0.486 e. The Morgan fingerprint density at radius 3 is 2.77 bits per heavy atom. The predicted molar refractivity (Wildman–Crippen MR) is 111 cm³/mol. The lowest BCUT2D eigenvalue weighted by Crippen LogP contribution is -2.33. The zero-order valence-corrected chi connectivity index (χ0v) is 16.9. The van der Waals surface area contributed by atoms with E-state index in [9.17, 15) is 4.79 Å². The third-order valence-corrected chi connectivity index (χ3v) is 5.16. The van der Waals surface area contributed by atoms with E-state index in [1.165, 1.54) is 0 Å². The summed E-state index contributed by atoms with van der Waals surface area (Å²) in [5.41, 5.74) is 2.97. The highest BCUT2D eigenvalue weighted by Gasteiger charge is 2.24. The molecule has 152 valence electrons. The molecule has 6 heteroatoms. The van der Waals surface area contributed by atoms with Gasteiger partial charge in [0, 0.05) is 17.0 Å². The van der Waals surface area contributed by atoms with Gasteiger partial charge >= 0.3 is 0 Å². The number of carbonyl (C=O) groups excluding carboxylic acids is 1. The fraction of sp³-hybridized carbons (Fsp3) is 0.250. The average molecular weight is 402 g/mol. The molecule has 0 spiro atoms. The third-order valence-electron chi connectivity index (χ3n) is 5.16. The molecule has 6 nitrogen and oxygen atoms in total. The van der Waals surface area contributed by atoms with Crippen molar-refractivity contribution < 1.29 is 19.0 Å². The first-order valence-corrected chi connectivity index (χ1v) is 9.76. The van der Waals surface area contributed by atoms with Crippen LogP contribution in [0.15, 0.2) is 54.6 Å². The van der Waals surface area contributed by atoms with Crippen molar-refractivity contribution in [2.24, 2.45) is 0 Å². The summed E-state index contributed by atoms with van der Waals surface area (Å²) in [5.74, 6) is 1.88. The summed E-state index contributed by atoms with van der Waals surface area (Å²) >= 11 is 0. The zero-order valence-electron chi connectivity index (χ0n) is 16.9. The van der Waals surface area contributed by atoms with E-state index in [2.05, 4.69) is 10.6 Å². The summed E-state index contributed by atoms with van der Waals surface area (Å²) in [4.78, 5) is 12.8. The maximum atomic E-state index is 12.8. The number of hydrogen-bond donors (Lipinski definition) is 0. The van der Waals surface area contributed by atoms with Crippen molar-refractivity contribution in [3.05, 3.63) is 77.1 Å². The fourth-order valence-corrected chi connectivity index (χ4v) is 3.60. The van der Waals surface area contributed by atoms with Gasteiger partial charge in [-0.25, -0.2) is 0 Å². The highest BCUT2D eigenvalue weighted by Crippen LogP contribution is 2.31. The van der Waals surface area contributed by atoms with Gasteiger partial charge in [-0.15, -0.1) is 0 Å². The van der Waals surface area contributed by atoms with E-state index in [4.69, 9.17) is 19.5 Å². The Labute approximate surface area is 175 Å². The number of aromatic nitrogens is 1. The zero-order chi connectivity index (χ0) is 21.1. The van der Waals surface area contributed by atoms with Crippen LogP contribution < -0.4 is 14.2 Å². The summed E-state index contributed by atoms with van der Waals surface area (Å²) < 4.78 is 19.5. The van der Waals surface area contributed by atoms with Crippen molar-refractivity contribution in [1.82, 2.24) is 4.57 Å². The molecule has 1 unspecified atom stereocenters. The second-order valence-corrected chi connectivity index (χ2v) is 7.24. The van der Waals surface area contributed by atoms with Crippen molar-refractivity contribution in [2.75, 3.05) is 13.2 Å². The van der Waals surface area contributed by atoms with Crippen LogP contribution in [0.3, 0.4) is 0 Å². The number of ketones is 1. The molecule has 0 N–H and O–H groups in total. The van der Waals surface area contributed by atoms with Gasteiger partial charge in [-0.2, -0.15) is 5.26 Å². The van der Waals surface area contributed by atoms with E-state index < -0.39 is 0 Å². The molecule has 4 rings (SSSR count). The van der Waals surface area contributed by atoms with Gasteiger partial charge in [0.1, 0.15) is 12.4 Å². The predicted octanol–water partition coefficient (Wildman–Crippen LogP) is 4.08. The Morgan fingerprint density at radius 1 is 1.17 bits per heavy atom. The van der Waals surface area contributed by atoms with E-state index in [1.807, 2.05) is 44.2 Å². The summed E-state index contributed by atoms with van der Waals surface area (Å²) in [7, 11) is 0. The van der Waals surface area contributed by atoms with Gasteiger partial charge in [0.05, 0.1) is 18.2 Å². The second-order valence-electron chi connectivity index (χ2n) is 7.24. The first-order chi connectivity index (χ1) is 14.5. The van der Waals surface area contributed by atoms with Crippen molar-refractivity contribution in [2.45, 2.75) is 26.5 Å². The Kier molecular flexibility index (Phi) is 5.44. The van der Waals surface area contributed by atoms with Crippen molar-refractivity contribution in [1.29, 1.82) is 5.26 Å². The molecule has 30 heavy (non-hydrogen) atoms. The lowest BCUT2D eigenvalue weighted by molar-refractivity contribution is 0.0777. The molecule has 0 bridgehead atoms. The van der Waals surface area contributed by atoms with Crippen LogP contribution in [0.2, 0.25) is 0 Å². The average Bonchev–Trinajstić information content (AvgIpc) is 3.06. The lowest BCUT2D eigenvalue weighted by Gasteiger charge is -2.27. The number of aryl methyl sites for hydroxylation is 1. The van der Waals surface area contributed by atoms with Crippen LogP contribution >= 0.6 is 0 Å². The van der Waals surface area contributed by atoms with Crippen LogP contribution in [0.4, 0.5) is 0 Å². The topological polar surface area (TPSA) is 73.5 Å². The number of carbonyl (C=O) groups is 1. The summed E-state index contributed by atoms with van der Waals surface area (Å²) in [6, 6.07) is 18.3. The molecule has 1 aliphatic rings. The van der Waals surface area contributed by atoms with Crippen LogP contribution in [-0.2, 0) is 6.54 Å². The number of rotatable bonds is 6. The molecule has 1 aromatic heterocycles. The van der Waals surface area contributed by atoms with Gasteiger partial charge in [0.25, 0.3) is 0 Å². The molecule has 2 aromatic carbocycles. The monoisotopic (exact) mass is 402 g/mol. The number of nitriles is 1. The first kappa shape index (κ1) is 19.6. The number of fused-ring (bicyclic) bond motifs is 1. The minimum absolute atomic E-state index is 0.0877. The van der Waals surface area contributed by atoms with E-state index >= 15 is 0 Å². The lowest BCUT2D eigenvalue weighted by atomic mass is 10.1. The van der Waals surface area contributed by atoms with E-state index in [0.29, 0.717) is 30.0 Å². The SMILES string of the molecule is Cc1cc(C(=O)COc2cccc(C#N)c2)c(C)n1CC1COc2ccccc2O1. The Morgan fingerprint density at radius 2 is 1.97 bits per heavy atom. The molecule has 0 aliphatic carbocycles. The van der Waals surface area contributed by atoms with Crippen LogP contribution in [0, 0.1) is 25.2 Å². The van der Waals surface area contributed by atoms with Crippen LogP contribution in [0.25, 0.3) is 0 Å². The molecular weight excluding hydrogens is 380 g/mol. The molecule has 2 heterocycles. The minimum atomic E-state index is -0.141. The third kappa shape index (κ3) is 4.01. The smallest absolute Gasteiger partial charge is 0.202 e. The quantitative estimate of drug-likeness (QED) is 0.581. The second kappa shape index (κ2) is 8.34. The maximum Gasteiger partial charge on any atom is 0.202 e. The Hall–Kier alpha value is -3.72. The fourth-order valence-electron chi connectivity index (χ4n) is 3.60. The van der Waals surface area contributed by atoms with Crippen molar-refractivity contribution in [3.8, 4) is 23.3 Å². The van der Waals surface area contributed by atoms with Crippen LogP contribution in [0.5, 0.6) is 17.2 Å². The van der Waals surface area contributed by atoms with Gasteiger partial charge in [-0.3, -0.25) is 4.79 Å².